The van der Waals surface area contributed by atoms with Crippen LogP contribution in [0.3, 0.4) is 0 Å². The van der Waals surface area contributed by atoms with Crippen molar-refractivity contribution in [1.82, 2.24) is 0 Å². The van der Waals surface area contributed by atoms with Gasteiger partial charge in [-0.1, -0.05) is 60.1 Å². The van der Waals surface area contributed by atoms with Crippen LogP contribution in [0.4, 0.5) is 0 Å². The molecule has 18 nitrogen and oxygen atoms in total. The summed E-state index contributed by atoms with van der Waals surface area (Å²) < 4.78 is 36.2. The lowest BCUT2D eigenvalue weighted by Gasteiger charge is -2.71. The van der Waals surface area contributed by atoms with Gasteiger partial charge in [0.05, 0.1) is 25.4 Å². The topological polar surface area (TPSA) is 292 Å². The Morgan fingerprint density at radius 2 is 1.35 bits per heavy atom. The van der Waals surface area contributed by atoms with Gasteiger partial charge in [0.15, 0.2) is 25.0 Å². The molecular formula is C48H76O18. The lowest BCUT2D eigenvalue weighted by molar-refractivity contribution is -0.396. The second-order valence-electron chi connectivity index (χ2n) is 23.4. The third-order valence-electron chi connectivity index (χ3n) is 19.2. The van der Waals surface area contributed by atoms with Gasteiger partial charge in [-0.2, -0.15) is 0 Å². The molecule has 3 heterocycles. The molecule has 8 rings (SSSR count). The Kier molecular flexibility index (Phi) is 13.5. The van der Waals surface area contributed by atoms with Gasteiger partial charge in [-0.3, -0.25) is 4.79 Å². The fourth-order valence-corrected chi connectivity index (χ4v) is 14.9. The molecule has 66 heavy (non-hydrogen) atoms. The minimum absolute atomic E-state index is 0.0830. The second kappa shape index (κ2) is 17.5. The zero-order chi connectivity index (χ0) is 48.4. The maximum absolute atomic E-state index is 13.8. The monoisotopic (exact) mass is 941 g/mol. The van der Waals surface area contributed by atoms with Crippen molar-refractivity contribution in [3.8, 4) is 0 Å². The van der Waals surface area contributed by atoms with E-state index in [-0.39, 0.29) is 51.4 Å². The molecule has 376 valence electrons. The van der Waals surface area contributed by atoms with E-state index in [4.69, 9.17) is 28.4 Å². The summed E-state index contributed by atoms with van der Waals surface area (Å²) in [5.41, 5.74) is -0.509. The van der Waals surface area contributed by atoms with E-state index in [1.165, 1.54) is 12.5 Å². The number of Topliss-reactive ketones (excluding diaryl/α,β-unsaturated/α-hetero) is 1. The van der Waals surface area contributed by atoms with Crippen LogP contribution in [0.25, 0.3) is 0 Å². The predicted octanol–water partition coefficient (Wildman–Crippen LogP) is 0.913. The number of aliphatic carboxylic acids is 1. The first-order valence-corrected chi connectivity index (χ1v) is 24.1. The van der Waals surface area contributed by atoms with Gasteiger partial charge in [0.1, 0.15) is 66.8 Å². The maximum Gasteiger partial charge on any atom is 0.335 e. The SMILES string of the molecule is CC1OC(O[C@@H]2C(O)C(O)C(CO)O[C@H]2OC2C(OC3CCC4(C)[C@H]5CC=C6C7CC(C)(C)CC(=O)C7(C)CC[C@@]6(C)C5(C)CC[C@H]4[C@@]3(C)CO)O[C@H](C(=O)O)C(O)[C@@H]2O)C(O)C(O)[C@H]1O. The van der Waals surface area contributed by atoms with E-state index in [1.54, 1.807) is 0 Å². The van der Waals surface area contributed by atoms with Crippen LogP contribution in [0.5, 0.6) is 0 Å². The highest BCUT2D eigenvalue weighted by Crippen LogP contribution is 2.75. The van der Waals surface area contributed by atoms with Gasteiger partial charge in [0.2, 0.25) is 0 Å². The second-order valence-corrected chi connectivity index (χ2v) is 23.4. The van der Waals surface area contributed by atoms with Gasteiger partial charge >= 0.3 is 5.97 Å². The van der Waals surface area contributed by atoms with Crippen molar-refractivity contribution < 1.29 is 89.1 Å². The molecule has 7 fully saturated rings. The Bertz CT molecular complexity index is 1860. The number of carbonyl (C=O) groups is 2. The van der Waals surface area contributed by atoms with E-state index in [9.17, 15) is 60.7 Å². The lowest BCUT2D eigenvalue weighted by atomic mass is 9.33. The molecule has 5 aliphatic carbocycles. The Hall–Kier alpha value is -1.72. The van der Waals surface area contributed by atoms with E-state index in [0.717, 1.165) is 38.5 Å². The van der Waals surface area contributed by atoms with Crippen molar-refractivity contribution in [2.24, 2.45) is 50.2 Å². The molecule has 0 radical (unpaired) electrons. The number of hydrogen-bond donors (Lipinski definition) is 10. The molecule has 3 saturated heterocycles. The van der Waals surface area contributed by atoms with Crippen molar-refractivity contribution in [3.05, 3.63) is 11.6 Å². The average Bonchev–Trinajstić information content (AvgIpc) is 3.25. The maximum atomic E-state index is 13.8. The number of rotatable bonds is 9. The van der Waals surface area contributed by atoms with Crippen molar-refractivity contribution in [2.45, 2.75) is 211 Å². The predicted molar refractivity (Wildman–Crippen MR) is 230 cm³/mol. The highest BCUT2D eigenvalue weighted by molar-refractivity contribution is 5.87. The highest BCUT2D eigenvalue weighted by Gasteiger charge is 2.70. The Morgan fingerprint density at radius 3 is 1.98 bits per heavy atom. The van der Waals surface area contributed by atoms with Crippen LogP contribution >= 0.6 is 0 Å². The quantitative estimate of drug-likeness (QED) is 0.114. The van der Waals surface area contributed by atoms with Crippen LogP contribution in [-0.4, -0.2) is 174 Å². The summed E-state index contributed by atoms with van der Waals surface area (Å²) in [5, 5.41) is 108. The first kappa shape index (κ1) is 50.7. The zero-order valence-electron chi connectivity index (χ0n) is 39.6. The molecule has 4 saturated carbocycles. The molecule has 8 aliphatic rings. The number of aliphatic hydroxyl groups excluding tert-OH is 9. The molecule has 0 aromatic heterocycles. The van der Waals surface area contributed by atoms with Crippen LogP contribution in [-0.2, 0) is 38.0 Å². The molecule has 18 heteroatoms. The lowest BCUT2D eigenvalue weighted by Crippen LogP contribution is -2.68. The normalized spacial score (nSPS) is 54.8. The third kappa shape index (κ3) is 7.70. The number of aliphatic hydroxyl groups is 9. The first-order valence-electron chi connectivity index (χ1n) is 24.1. The van der Waals surface area contributed by atoms with Gasteiger partial charge in [0.25, 0.3) is 0 Å². The van der Waals surface area contributed by atoms with E-state index in [2.05, 4.69) is 47.6 Å². The van der Waals surface area contributed by atoms with Crippen molar-refractivity contribution in [3.63, 3.8) is 0 Å². The molecule has 0 aromatic rings. The molecule has 0 amide bonds. The summed E-state index contributed by atoms with van der Waals surface area (Å²) in [6.07, 6.45) is -17.8. The molecule has 10 N–H and O–H groups in total. The van der Waals surface area contributed by atoms with Gasteiger partial charge in [0, 0.05) is 17.3 Å². The fraction of sp³-hybridized carbons (Fsp3) is 0.917. The van der Waals surface area contributed by atoms with Crippen molar-refractivity contribution >= 4 is 11.8 Å². The smallest absolute Gasteiger partial charge is 0.335 e. The van der Waals surface area contributed by atoms with Crippen LogP contribution in [0.15, 0.2) is 11.6 Å². The number of carboxylic acids is 1. The van der Waals surface area contributed by atoms with Crippen molar-refractivity contribution in [1.29, 1.82) is 0 Å². The van der Waals surface area contributed by atoms with Gasteiger partial charge in [-0.15, -0.1) is 0 Å². The van der Waals surface area contributed by atoms with Gasteiger partial charge in [-0.05, 0) is 97.7 Å². The third-order valence-corrected chi connectivity index (χ3v) is 19.2. The standard InChI is InChI=1S/C48H76O18/c1-21-29(52)31(54)35(58)40(61-21)65-37-32(55)30(53)24(19-49)62-41(37)66-38-34(57)33(56)36(39(59)60)64-42(38)63-28-12-13-45(5)25(46(28,6)20-50)11-14-48(8)26(45)10-9-22-23-17-43(2,3)18-27(51)44(23,4)15-16-47(22,48)7/h9,21,23-26,28-38,40-42,49-50,52-58H,10-20H2,1-8H3,(H,59,60)/t21?,23?,24?,25-,26-,28?,29+,30?,31?,32?,33?,34+,35?,36+,37-,38?,40?,41+,42?,44?,45?,46-,47-,48?/m1/s1. The number of ketones is 1. The van der Waals surface area contributed by atoms with E-state index < -0.39 is 116 Å². The van der Waals surface area contributed by atoms with Crippen LogP contribution in [0, 0.1) is 50.2 Å². The molecule has 0 bridgehead atoms. The van der Waals surface area contributed by atoms with E-state index >= 15 is 0 Å². The molecular weight excluding hydrogens is 865 g/mol. The zero-order valence-corrected chi connectivity index (χ0v) is 39.6. The van der Waals surface area contributed by atoms with E-state index in [0.29, 0.717) is 25.0 Å². The van der Waals surface area contributed by atoms with Gasteiger partial charge in [-0.25, -0.2) is 4.79 Å². The van der Waals surface area contributed by atoms with Gasteiger partial charge < -0.3 is 79.5 Å². The first-order chi connectivity index (χ1) is 30.7. The summed E-state index contributed by atoms with van der Waals surface area (Å²) in [7, 11) is 0. The van der Waals surface area contributed by atoms with Crippen molar-refractivity contribution in [2.75, 3.05) is 13.2 Å². The summed E-state index contributed by atoms with van der Waals surface area (Å²) >= 11 is 0. The minimum Gasteiger partial charge on any atom is -0.479 e. The van der Waals surface area contributed by atoms with E-state index in [1.807, 2.05) is 6.92 Å². The Labute approximate surface area is 386 Å². The number of hydrogen-bond acceptors (Lipinski definition) is 17. The molecule has 0 aromatic carbocycles. The summed E-state index contributed by atoms with van der Waals surface area (Å²) in [6.45, 7) is 16.0. The highest BCUT2D eigenvalue weighted by atomic mass is 16.8. The molecule has 3 aliphatic heterocycles. The van der Waals surface area contributed by atoms with Crippen LogP contribution in [0.1, 0.15) is 113 Å². The largest absolute Gasteiger partial charge is 0.479 e. The van der Waals surface area contributed by atoms with Crippen LogP contribution < -0.4 is 0 Å². The number of fused-ring (bicyclic) bond motifs is 7. The Morgan fingerprint density at radius 1 is 0.712 bits per heavy atom. The molecule has 24 atom stereocenters. The van der Waals surface area contributed by atoms with Crippen LogP contribution in [0.2, 0.25) is 0 Å². The number of carboxylic acid groups (broad SMARTS) is 1. The summed E-state index contributed by atoms with van der Waals surface area (Å²) in [5.74, 6) is -0.928. The molecule has 0 spiro atoms. The minimum atomic E-state index is -2.07. The summed E-state index contributed by atoms with van der Waals surface area (Å²) in [4.78, 5) is 26.3. The fourth-order valence-electron chi connectivity index (χ4n) is 14.9. The number of allylic oxidation sites excluding steroid dienone is 2. The number of carbonyl (C=O) groups excluding carboxylic acids is 1. The number of ether oxygens (including phenoxy) is 6. The molecule has 15 unspecified atom stereocenters. The average molecular weight is 941 g/mol. The Balaban J connectivity index is 1.08. The summed E-state index contributed by atoms with van der Waals surface area (Å²) in [6, 6.07) is 0.